The van der Waals surface area contributed by atoms with E-state index in [2.05, 4.69) is 4.72 Å². The van der Waals surface area contributed by atoms with E-state index in [1.54, 1.807) is 38.1 Å². The number of carboxylic acid groups (broad SMARTS) is 1. The Kier molecular flexibility index (Phi) is 6.17. The van der Waals surface area contributed by atoms with E-state index >= 15 is 0 Å². The molecule has 1 rings (SSSR count). The summed E-state index contributed by atoms with van der Waals surface area (Å²) >= 11 is 0. The lowest BCUT2D eigenvalue weighted by molar-refractivity contribution is -0.137. The van der Waals surface area contributed by atoms with Gasteiger partial charge in [-0.15, -0.1) is 0 Å². The van der Waals surface area contributed by atoms with Gasteiger partial charge < -0.3 is 10.0 Å². The zero-order chi connectivity index (χ0) is 16.0. The molecule has 1 aromatic rings. The summed E-state index contributed by atoms with van der Waals surface area (Å²) in [7, 11) is -1.63. The summed E-state index contributed by atoms with van der Waals surface area (Å²) in [6, 6.07) is 6.38. The SMILES string of the molecule is CC(C)NS(=O)(=O)c1ccc(N(C)CCCC(=O)O)cc1. The van der Waals surface area contributed by atoms with Crippen molar-refractivity contribution in [2.24, 2.45) is 0 Å². The number of hydrogen-bond acceptors (Lipinski definition) is 4. The fraction of sp³-hybridized carbons (Fsp3) is 0.500. The maximum absolute atomic E-state index is 12.0. The van der Waals surface area contributed by atoms with E-state index in [4.69, 9.17) is 5.11 Å². The van der Waals surface area contributed by atoms with E-state index in [9.17, 15) is 13.2 Å². The van der Waals surface area contributed by atoms with Gasteiger partial charge in [0.05, 0.1) is 4.90 Å². The van der Waals surface area contributed by atoms with Crippen molar-refractivity contribution >= 4 is 21.7 Å². The van der Waals surface area contributed by atoms with Crippen LogP contribution in [0.2, 0.25) is 0 Å². The third-order valence-electron chi connectivity index (χ3n) is 2.86. The first-order chi connectivity index (χ1) is 9.72. The Bertz CT molecular complexity index is 567. The Balaban J connectivity index is 2.71. The third kappa shape index (κ3) is 5.73. The standard InChI is InChI=1S/C14H22N2O4S/c1-11(2)15-21(19,20)13-8-6-12(7-9-13)16(3)10-4-5-14(17)18/h6-9,11,15H,4-5,10H2,1-3H3,(H,17,18). The van der Waals surface area contributed by atoms with Crippen LogP contribution >= 0.6 is 0 Å². The molecule has 0 aliphatic rings. The van der Waals surface area contributed by atoms with Crippen molar-refractivity contribution in [3.05, 3.63) is 24.3 Å². The second kappa shape index (κ2) is 7.42. The van der Waals surface area contributed by atoms with E-state index < -0.39 is 16.0 Å². The van der Waals surface area contributed by atoms with Crippen molar-refractivity contribution < 1.29 is 18.3 Å². The molecule has 7 heteroatoms. The van der Waals surface area contributed by atoms with Gasteiger partial charge in [0, 0.05) is 31.7 Å². The lowest BCUT2D eigenvalue weighted by atomic mass is 10.2. The van der Waals surface area contributed by atoms with E-state index in [0.29, 0.717) is 13.0 Å². The first-order valence-electron chi connectivity index (χ1n) is 6.77. The fourth-order valence-electron chi connectivity index (χ4n) is 1.85. The van der Waals surface area contributed by atoms with Gasteiger partial charge in [0.15, 0.2) is 0 Å². The molecule has 0 fully saturated rings. The van der Waals surface area contributed by atoms with Gasteiger partial charge in [0.1, 0.15) is 0 Å². The summed E-state index contributed by atoms with van der Waals surface area (Å²) in [6.45, 7) is 4.13. The van der Waals surface area contributed by atoms with E-state index in [-0.39, 0.29) is 17.4 Å². The molecule has 0 heterocycles. The molecular weight excluding hydrogens is 292 g/mol. The molecule has 0 bridgehead atoms. The number of rotatable bonds is 8. The number of benzene rings is 1. The van der Waals surface area contributed by atoms with Crippen molar-refractivity contribution in [1.82, 2.24) is 4.72 Å². The molecule has 0 radical (unpaired) electrons. The van der Waals surface area contributed by atoms with Crippen LogP contribution in [0.15, 0.2) is 29.2 Å². The smallest absolute Gasteiger partial charge is 0.303 e. The largest absolute Gasteiger partial charge is 0.481 e. The molecule has 1 aromatic carbocycles. The summed E-state index contributed by atoms with van der Waals surface area (Å²) in [4.78, 5) is 12.6. The third-order valence-corrected chi connectivity index (χ3v) is 4.54. The molecule has 0 amide bonds. The monoisotopic (exact) mass is 314 g/mol. The van der Waals surface area contributed by atoms with Gasteiger partial charge in [-0.25, -0.2) is 13.1 Å². The zero-order valence-corrected chi connectivity index (χ0v) is 13.4. The van der Waals surface area contributed by atoms with Crippen molar-refractivity contribution in [3.63, 3.8) is 0 Å². The van der Waals surface area contributed by atoms with Crippen LogP contribution in [-0.2, 0) is 14.8 Å². The summed E-state index contributed by atoms with van der Waals surface area (Å²) in [6.07, 6.45) is 0.663. The van der Waals surface area contributed by atoms with Gasteiger partial charge in [0.25, 0.3) is 0 Å². The molecule has 0 spiro atoms. The van der Waals surface area contributed by atoms with Gasteiger partial charge in [0.2, 0.25) is 10.0 Å². The van der Waals surface area contributed by atoms with Crippen LogP contribution < -0.4 is 9.62 Å². The van der Waals surface area contributed by atoms with Crippen LogP contribution in [0, 0.1) is 0 Å². The highest BCUT2D eigenvalue weighted by molar-refractivity contribution is 7.89. The minimum Gasteiger partial charge on any atom is -0.481 e. The molecule has 2 N–H and O–H groups in total. The Morgan fingerprint density at radius 3 is 2.33 bits per heavy atom. The Morgan fingerprint density at radius 1 is 1.29 bits per heavy atom. The van der Waals surface area contributed by atoms with Gasteiger partial charge in [-0.2, -0.15) is 0 Å². The molecule has 118 valence electrons. The maximum Gasteiger partial charge on any atom is 0.303 e. The number of hydrogen-bond donors (Lipinski definition) is 2. The molecule has 0 aliphatic heterocycles. The molecule has 6 nitrogen and oxygen atoms in total. The number of carboxylic acids is 1. The molecule has 0 saturated heterocycles. The number of aliphatic carboxylic acids is 1. The fourth-order valence-corrected chi connectivity index (χ4v) is 3.11. The first kappa shape index (κ1) is 17.5. The molecule has 0 saturated carbocycles. The Morgan fingerprint density at radius 2 is 1.86 bits per heavy atom. The second-order valence-electron chi connectivity index (χ2n) is 5.19. The summed E-state index contributed by atoms with van der Waals surface area (Å²) < 4.78 is 26.5. The number of nitrogens with zero attached hydrogens (tertiary/aromatic N) is 1. The van der Waals surface area contributed by atoms with Crippen LogP contribution in [0.1, 0.15) is 26.7 Å². The van der Waals surface area contributed by atoms with E-state index in [1.807, 2.05) is 11.9 Å². The van der Waals surface area contributed by atoms with Crippen LogP contribution in [0.5, 0.6) is 0 Å². The Hall–Kier alpha value is -1.60. The highest BCUT2D eigenvalue weighted by Crippen LogP contribution is 2.17. The lowest BCUT2D eigenvalue weighted by Crippen LogP contribution is -2.30. The molecule has 21 heavy (non-hydrogen) atoms. The first-order valence-corrected chi connectivity index (χ1v) is 8.26. The average molecular weight is 314 g/mol. The molecule has 0 atom stereocenters. The van der Waals surface area contributed by atoms with Gasteiger partial charge in [-0.05, 0) is 44.5 Å². The number of anilines is 1. The minimum atomic E-state index is -3.48. The molecule has 0 aliphatic carbocycles. The Labute approximate surface area is 125 Å². The molecular formula is C14H22N2O4S. The summed E-state index contributed by atoms with van der Waals surface area (Å²) in [5.41, 5.74) is 0.851. The minimum absolute atomic E-state index is 0.120. The van der Waals surface area contributed by atoms with Crippen LogP contribution in [0.25, 0.3) is 0 Å². The van der Waals surface area contributed by atoms with Crippen molar-refractivity contribution in [1.29, 1.82) is 0 Å². The van der Waals surface area contributed by atoms with E-state index in [1.165, 1.54) is 0 Å². The molecule has 0 unspecified atom stereocenters. The number of nitrogens with one attached hydrogen (secondary N) is 1. The number of carbonyl (C=O) groups is 1. The van der Waals surface area contributed by atoms with Crippen LogP contribution in [0.4, 0.5) is 5.69 Å². The van der Waals surface area contributed by atoms with Crippen molar-refractivity contribution in [2.45, 2.75) is 37.6 Å². The normalized spacial score (nSPS) is 11.6. The van der Waals surface area contributed by atoms with Gasteiger partial charge in [-0.1, -0.05) is 0 Å². The topological polar surface area (TPSA) is 86.7 Å². The highest BCUT2D eigenvalue weighted by Gasteiger charge is 2.15. The quantitative estimate of drug-likeness (QED) is 0.762. The second-order valence-corrected chi connectivity index (χ2v) is 6.90. The van der Waals surface area contributed by atoms with Crippen LogP contribution in [-0.4, -0.2) is 39.1 Å². The number of sulfonamides is 1. The predicted octanol–water partition coefficient (Wildman–Crippen LogP) is 1.67. The average Bonchev–Trinajstić information content (AvgIpc) is 2.37. The van der Waals surface area contributed by atoms with Gasteiger partial charge >= 0.3 is 5.97 Å². The lowest BCUT2D eigenvalue weighted by Gasteiger charge is -2.19. The highest BCUT2D eigenvalue weighted by atomic mass is 32.2. The predicted molar refractivity (Wildman–Crippen MR) is 82.0 cm³/mol. The van der Waals surface area contributed by atoms with Crippen molar-refractivity contribution in [3.8, 4) is 0 Å². The van der Waals surface area contributed by atoms with Crippen LogP contribution in [0.3, 0.4) is 0 Å². The summed E-state index contributed by atoms with van der Waals surface area (Å²) in [5, 5.41) is 8.60. The van der Waals surface area contributed by atoms with Crippen molar-refractivity contribution in [2.75, 3.05) is 18.5 Å². The van der Waals surface area contributed by atoms with Gasteiger partial charge in [-0.3, -0.25) is 4.79 Å². The maximum atomic E-state index is 12.0. The zero-order valence-electron chi connectivity index (χ0n) is 12.5. The summed E-state index contributed by atoms with van der Waals surface area (Å²) in [5.74, 6) is -0.815. The van der Waals surface area contributed by atoms with E-state index in [0.717, 1.165) is 5.69 Å². The molecule has 0 aromatic heterocycles.